The van der Waals surface area contributed by atoms with Gasteiger partial charge in [0.25, 0.3) is 0 Å². The summed E-state index contributed by atoms with van der Waals surface area (Å²) in [5.41, 5.74) is 6.77. The minimum atomic E-state index is -4.48. The van der Waals surface area contributed by atoms with Crippen molar-refractivity contribution in [3.05, 3.63) is 29.8 Å². The molecule has 0 bridgehead atoms. The summed E-state index contributed by atoms with van der Waals surface area (Å²) in [5, 5.41) is 0. The summed E-state index contributed by atoms with van der Waals surface area (Å²) in [6.45, 7) is 2.87. The van der Waals surface area contributed by atoms with Crippen LogP contribution >= 0.6 is 7.82 Å². The van der Waals surface area contributed by atoms with Crippen molar-refractivity contribution in [2.24, 2.45) is 5.73 Å². The Morgan fingerprint density at radius 1 is 1.11 bits per heavy atom. The number of phosphoric ester groups is 1. The molecule has 4 N–H and O–H groups in total. The van der Waals surface area contributed by atoms with Crippen molar-refractivity contribution >= 4 is 7.82 Å². The van der Waals surface area contributed by atoms with Gasteiger partial charge in [-0.2, -0.15) is 0 Å². The Bertz CT molecular complexity index is 618. The Morgan fingerprint density at radius 3 is 2.39 bits per heavy atom. The van der Waals surface area contributed by atoms with Crippen molar-refractivity contribution in [3.63, 3.8) is 0 Å². The van der Waals surface area contributed by atoms with Crippen molar-refractivity contribution in [1.29, 1.82) is 0 Å². The van der Waals surface area contributed by atoms with Gasteiger partial charge in [-0.15, -0.1) is 0 Å². The highest BCUT2D eigenvalue weighted by atomic mass is 31.2. The summed E-state index contributed by atoms with van der Waals surface area (Å²) in [7, 11) is -4.48. The first kappa shape index (κ1) is 23.4. The number of unbranched alkanes of at least 4 members (excludes halogenated alkanes) is 6. The molecule has 0 radical (unpaired) electrons. The molecular formula is C21H36NO5P. The molecule has 1 saturated carbocycles. The summed E-state index contributed by atoms with van der Waals surface area (Å²) in [6, 6.07) is 8.14. The smallest absolute Gasteiger partial charge is 0.469 e. The first-order valence-electron chi connectivity index (χ1n) is 10.5. The predicted molar refractivity (Wildman–Crippen MR) is 111 cm³/mol. The number of rotatable bonds is 13. The lowest BCUT2D eigenvalue weighted by Crippen LogP contribution is -2.41. The average molecular weight is 413 g/mol. The zero-order chi connectivity index (χ0) is 20.5. The molecule has 1 aliphatic carbocycles. The van der Waals surface area contributed by atoms with Gasteiger partial charge in [-0.05, 0) is 49.3 Å². The number of hydrogen-bond acceptors (Lipinski definition) is 4. The van der Waals surface area contributed by atoms with E-state index >= 15 is 0 Å². The van der Waals surface area contributed by atoms with Crippen molar-refractivity contribution in [1.82, 2.24) is 0 Å². The van der Waals surface area contributed by atoms with Crippen LogP contribution in [0.1, 0.15) is 82.6 Å². The van der Waals surface area contributed by atoms with Crippen molar-refractivity contribution in [3.8, 4) is 5.75 Å². The SMILES string of the molecule is CCCCCCCCCOc1ccc([C@@H]2CC[C@](N)(COP(=O)(O)O)C2)cc1. The molecule has 160 valence electrons. The summed E-state index contributed by atoms with van der Waals surface area (Å²) in [6.07, 6.45) is 11.1. The maximum absolute atomic E-state index is 10.9. The van der Waals surface area contributed by atoms with Gasteiger partial charge in [0.05, 0.1) is 13.2 Å². The van der Waals surface area contributed by atoms with Gasteiger partial charge >= 0.3 is 7.82 Å². The molecule has 0 aromatic heterocycles. The van der Waals surface area contributed by atoms with Gasteiger partial charge in [0, 0.05) is 5.54 Å². The molecular weight excluding hydrogens is 377 g/mol. The van der Waals surface area contributed by atoms with Crippen LogP contribution in [0.5, 0.6) is 5.75 Å². The van der Waals surface area contributed by atoms with E-state index in [0.717, 1.165) is 25.2 Å². The zero-order valence-electron chi connectivity index (χ0n) is 17.0. The normalized spacial score (nSPS) is 22.5. The van der Waals surface area contributed by atoms with Crippen molar-refractivity contribution in [2.45, 2.75) is 82.6 Å². The molecule has 6 nitrogen and oxygen atoms in total. The van der Waals surface area contributed by atoms with E-state index in [1.54, 1.807) is 0 Å². The molecule has 0 aliphatic heterocycles. The number of hydrogen-bond donors (Lipinski definition) is 3. The van der Waals surface area contributed by atoms with E-state index in [-0.39, 0.29) is 12.5 Å². The van der Waals surface area contributed by atoms with Crippen LogP contribution in [0, 0.1) is 0 Å². The number of benzene rings is 1. The minimum absolute atomic E-state index is 0.118. The van der Waals surface area contributed by atoms with Crippen LogP contribution in [0.4, 0.5) is 0 Å². The Hall–Kier alpha value is -0.910. The quantitative estimate of drug-likeness (QED) is 0.314. The van der Waals surface area contributed by atoms with Gasteiger partial charge in [-0.1, -0.05) is 57.6 Å². The first-order chi connectivity index (χ1) is 13.3. The lowest BCUT2D eigenvalue weighted by Gasteiger charge is -2.24. The van der Waals surface area contributed by atoms with Gasteiger partial charge < -0.3 is 20.3 Å². The highest BCUT2D eigenvalue weighted by molar-refractivity contribution is 7.46. The molecule has 0 spiro atoms. The van der Waals surface area contributed by atoms with Crippen molar-refractivity contribution in [2.75, 3.05) is 13.2 Å². The van der Waals surface area contributed by atoms with Gasteiger partial charge in [0.1, 0.15) is 5.75 Å². The first-order valence-corrected chi connectivity index (χ1v) is 12.1. The number of nitrogens with two attached hydrogens (primary N) is 1. The third kappa shape index (κ3) is 8.62. The number of ether oxygens (including phenoxy) is 1. The average Bonchev–Trinajstić information content (AvgIpc) is 3.05. The summed E-state index contributed by atoms with van der Waals surface area (Å²) in [4.78, 5) is 17.8. The van der Waals surface area contributed by atoms with Crippen LogP contribution in [0.3, 0.4) is 0 Å². The molecule has 1 aliphatic rings. The van der Waals surface area contributed by atoms with Crippen LogP contribution in [0.25, 0.3) is 0 Å². The number of phosphoric acid groups is 1. The van der Waals surface area contributed by atoms with Gasteiger partial charge in [-0.3, -0.25) is 4.52 Å². The predicted octanol–water partition coefficient (Wildman–Crippen LogP) is 4.89. The fraction of sp³-hybridized carbons (Fsp3) is 0.714. The van der Waals surface area contributed by atoms with Crippen LogP contribution < -0.4 is 10.5 Å². The van der Waals surface area contributed by atoms with E-state index in [0.29, 0.717) is 12.8 Å². The third-order valence-corrected chi connectivity index (χ3v) is 6.00. The Morgan fingerprint density at radius 2 is 1.75 bits per heavy atom. The molecule has 0 amide bonds. The van der Waals surface area contributed by atoms with Crippen LogP contribution in [-0.2, 0) is 9.09 Å². The molecule has 7 heteroatoms. The maximum atomic E-state index is 10.9. The van der Waals surface area contributed by atoms with Crippen LogP contribution in [0.15, 0.2) is 24.3 Å². The molecule has 0 heterocycles. The Labute approximate surface area is 169 Å². The van der Waals surface area contributed by atoms with E-state index < -0.39 is 13.4 Å². The second-order valence-electron chi connectivity index (χ2n) is 8.10. The molecule has 0 saturated heterocycles. The van der Waals surface area contributed by atoms with E-state index in [4.69, 9.17) is 20.3 Å². The molecule has 0 unspecified atom stereocenters. The molecule has 2 atom stereocenters. The fourth-order valence-electron chi connectivity index (χ4n) is 3.87. The third-order valence-electron chi connectivity index (χ3n) is 5.53. The Kier molecular flexibility index (Phi) is 9.45. The zero-order valence-corrected chi connectivity index (χ0v) is 17.9. The molecule has 28 heavy (non-hydrogen) atoms. The summed E-state index contributed by atoms with van der Waals surface area (Å²) in [5.74, 6) is 1.17. The van der Waals surface area contributed by atoms with Gasteiger partial charge in [0.15, 0.2) is 0 Å². The maximum Gasteiger partial charge on any atom is 0.469 e. The van der Waals surface area contributed by atoms with Gasteiger partial charge in [0.2, 0.25) is 0 Å². The van der Waals surface area contributed by atoms with Gasteiger partial charge in [-0.25, -0.2) is 4.57 Å². The topological polar surface area (TPSA) is 102 Å². The summed E-state index contributed by atoms with van der Waals surface area (Å²) >= 11 is 0. The fourth-order valence-corrected chi connectivity index (χ4v) is 4.30. The lowest BCUT2D eigenvalue weighted by molar-refractivity contribution is 0.153. The monoisotopic (exact) mass is 413 g/mol. The van der Waals surface area contributed by atoms with E-state index in [2.05, 4.69) is 23.6 Å². The molecule has 2 rings (SSSR count). The highest BCUT2D eigenvalue weighted by Crippen LogP contribution is 2.43. The second-order valence-corrected chi connectivity index (χ2v) is 9.34. The highest BCUT2D eigenvalue weighted by Gasteiger charge is 2.38. The van der Waals surface area contributed by atoms with Crippen LogP contribution in [0.2, 0.25) is 0 Å². The van der Waals surface area contributed by atoms with Crippen molar-refractivity contribution < 1.29 is 23.6 Å². The molecule has 1 aromatic carbocycles. The summed E-state index contributed by atoms with van der Waals surface area (Å²) < 4.78 is 21.4. The van der Waals surface area contributed by atoms with Crippen LogP contribution in [-0.4, -0.2) is 28.5 Å². The van der Waals surface area contributed by atoms with E-state index in [9.17, 15) is 4.57 Å². The lowest BCUT2D eigenvalue weighted by atomic mass is 9.94. The minimum Gasteiger partial charge on any atom is -0.494 e. The standard InChI is InChI=1S/C21H36NO5P/c1-2-3-4-5-6-7-8-15-26-20-11-9-18(10-12-20)19-13-14-21(22,16-19)17-27-28(23,24)25/h9-12,19H,2-8,13-17,22H2,1H3,(H2,23,24,25)/t19-,21-/m1/s1. The Balaban J connectivity index is 1.69. The second kappa shape index (κ2) is 11.3. The molecule has 1 fully saturated rings. The van der Waals surface area contributed by atoms with E-state index in [1.807, 2.05) is 12.1 Å². The van der Waals surface area contributed by atoms with E-state index in [1.165, 1.54) is 44.1 Å². The largest absolute Gasteiger partial charge is 0.494 e. The molecule has 1 aromatic rings.